The van der Waals surface area contributed by atoms with E-state index in [1.54, 1.807) is 6.92 Å². The molecule has 1 amide bonds. The Bertz CT molecular complexity index is 543. The molecule has 2 rings (SSSR count). The Hall–Kier alpha value is -1.49. The molecule has 4 atom stereocenters. The summed E-state index contributed by atoms with van der Waals surface area (Å²) in [6, 6.07) is 1.62. The van der Waals surface area contributed by atoms with Crippen molar-refractivity contribution in [3.63, 3.8) is 0 Å². The zero-order valence-corrected chi connectivity index (χ0v) is 13.9. The Morgan fingerprint density at radius 1 is 1.41 bits per heavy atom. The highest BCUT2D eigenvalue weighted by Gasteiger charge is 2.30. The number of rotatable bonds is 4. The predicted molar refractivity (Wildman–Crippen MR) is 84.8 cm³/mol. The number of hydrogen-bond acceptors (Lipinski definition) is 3. The molecule has 1 aliphatic carbocycles. The summed E-state index contributed by atoms with van der Waals surface area (Å²) in [5, 5.41) is 3.43. The van der Waals surface area contributed by atoms with Crippen molar-refractivity contribution in [2.45, 2.75) is 52.2 Å². The second-order valence-corrected chi connectivity index (χ2v) is 6.60. The lowest BCUT2D eigenvalue weighted by Gasteiger charge is -2.35. The van der Waals surface area contributed by atoms with Crippen molar-refractivity contribution in [2.24, 2.45) is 11.8 Å². The van der Waals surface area contributed by atoms with Crippen molar-refractivity contribution in [1.82, 2.24) is 10.3 Å². The molecule has 0 aromatic carbocycles. The van der Waals surface area contributed by atoms with Crippen LogP contribution in [0.3, 0.4) is 0 Å². The minimum absolute atomic E-state index is 0.150. The summed E-state index contributed by atoms with van der Waals surface area (Å²) in [5.41, 5.74) is 0.240. The van der Waals surface area contributed by atoms with Crippen molar-refractivity contribution < 1.29 is 14.3 Å². The maximum absolute atomic E-state index is 12.2. The van der Waals surface area contributed by atoms with E-state index >= 15 is 0 Å². The number of carbonyl (C=O) groups excluding carboxylic acids is 2. The number of esters is 1. The van der Waals surface area contributed by atoms with Gasteiger partial charge in [0, 0.05) is 12.2 Å². The number of ether oxygens (including phenoxy) is 1. The summed E-state index contributed by atoms with van der Waals surface area (Å²) in [5.74, 6) is 0.192. The second kappa shape index (κ2) is 7.18. The molecule has 5 nitrogen and oxygen atoms in total. The lowest BCUT2D eigenvalue weighted by Crippen LogP contribution is -2.47. The molecular formula is C16H23ClN2O3. The van der Waals surface area contributed by atoms with Crippen LogP contribution in [0, 0.1) is 11.8 Å². The first kappa shape index (κ1) is 16.9. The molecule has 122 valence electrons. The molecule has 0 unspecified atom stereocenters. The van der Waals surface area contributed by atoms with Crippen molar-refractivity contribution in [3.05, 3.63) is 23.0 Å². The van der Waals surface area contributed by atoms with Crippen LogP contribution in [0.15, 0.2) is 12.3 Å². The van der Waals surface area contributed by atoms with Crippen LogP contribution < -0.4 is 5.32 Å². The smallest absolute Gasteiger partial charge is 0.355 e. The van der Waals surface area contributed by atoms with Crippen LogP contribution in [0.25, 0.3) is 0 Å². The van der Waals surface area contributed by atoms with E-state index in [0.717, 1.165) is 12.8 Å². The monoisotopic (exact) mass is 326 g/mol. The molecule has 22 heavy (non-hydrogen) atoms. The van der Waals surface area contributed by atoms with Gasteiger partial charge in [-0.05, 0) is 31.2 Å². The minimum Gasteiger partial charge on any atom is -0.448 e. The molecule has 1 fully saturated rings. The molecule has 1 saturated carbocycles. The molecule has 0 aliphatic heterocycles. The van der Waals surface area contributed by atoms with Crippen LogP contribution in [-0.2, 0) is 9.53 Å². The van der Waals surface area contributed by atoms with E-state index in [-0.39, 0.29) is 17.6 Å². The van der Waals surface area contributed by atoms with Gasteiger partial charge >= 0.3 is 5.97 Å². The van der Waals surface area contributed by atoms with Crippen LogP contribution in [0.4, 0.5) is 0 Å². The largest absolute Gasteiger partial charge is 0.448 e. The van der Waals surface area contributed by atoms with E-state index in [1.165, 1.54) is 18.7 Å². The lowest BCUT2D eigenvalue weighted by atomic mass is 9.78. The van der Waals surface area contributed by atoms with Gasteiger partial charge in [-0.2, -0.15) is 0 Å². The molecule has 0 bridgehead atoms. The zero-order valence-electron chi connectivity index (χ0n) is 13.2. The first-order chi connectivity index (χ1) is 10.4. The van der Waals surface area contributed by atoms with E-state index in [9.17, 15) is 9.59 Å². The van der Waals surface area contributed by atoms with E-state index in [2.05, 4.69) is 24.1 Å². The van der Waals surface area contributed by atoms with Gasteiger partial charge in [-0.3, -0.25) is 4.79 Å². The highest BCUT2D eigenvalue weighted by Crippen LogP contribution is 2.29. The minimum atomic E-state index is -0.834. The van der Waals surface area contributed by atoms with Crippen LogP contribution in [0.2, 0.25) is 5.02 Å². The molecule has 6 heteroatoms. The van der Waals surface area contributed by atoms with Gasteiger partial charge in [0.25, 0.3) is 5.91 Å². The number of aromatic nitrogens is 1. The topological polar surface area (TPSA) is 71.2 Å². The van der Waals surface area contributed by atoms with Crippen LogP contribution >= 0.6 is 11.6 Å². The second-order valence-electron chi connectivity index (χ2n) is 6.16. The van der Waals surface area contributed by atoms with E-state index < -0.39 is 12.1 Å². The first-order valence-electron chi connectivity index (χ1n) is 7.73. The summed E-state index contributed by atoms with van der Waals surface area (Å²) in [7, 11) is 0. The fourth-order valence-electron chi connectivity index (χ4n) is 2.85. The van der Waals surface area contributed by atoms with E-state index in [0.29, 0.717) is 16.9 Å². The molecule has 0 spiro atoms. The Labute approximate surface area is 135 Å². The first-order valence-corrected chi connectivity index (χ1v) is 8.11. The molecule has 1 aromatic heterocycles. The van der Waals surface area contributed by atoms with E-state index in [4.69, 9.17) is 16.3 Å². The van der Waals surface area contributed by atoms with Crippen molar-refractivity contribution in [2.75, 3.05) is 0 Å². The number of H-pyrrole nitrogens is 1. The number of amides is 1. The number of hydrogen-bond donors (Lipinski definition) is 2. The normalized spacial score (nSPS) is 26.3. The average molecular weight is 327 g/mol. The van der Waals surface area contributed by atoms with Crippen molar-refractivity contribution in [3.8, 4) is 0 Å². The zero-order chi connectivity index (χ0) is 16.3. The molecule has 1 aromatic rings. The van der Waals surface area contributed by atoms with Gasteiger partial charge in [0.15, 0.2) is 6.10 Å². The van der Waals surface area contributed by atoms with Crippen molar-refractivity contribution in [1.29, 1.82) is 0 Å². The fourth-order valence-corrected chi connectivity index (χ4v) is 3.01. The molecule has 0 saturated heterocycles. The van der Waals surface area contributed by atoms with Gasteiger partial charge in [-0.25, -0.2) is 4.79 Å². The predicted octanol–water partition coefficient (Wildman–Crippen LogP) is 3.15. The number of aromatic amines is 1. The lowest BCUT2D eigenvalue weighted by molar-refractivity contribution is -0.130. The molecule has 1 aliphatic rings. The van der Waals surface area contributed by atoms with Gasteiger partial charge in [-0.1, -0.05) is 38.3 Å². The Morgan fingerprint density at radius 2 is 2.14 bits per heavy atom. The third-order valence-electron chi connectivity index (χ3n) is 4.56. The van der Waals surface area contributed by atoms with Crippen molar-refractivity contribution >= 4 is 23.5 Å². The highest BCUT2D eigenvalue weighted by molar-refractivity contribution is 6.30. The van der Waals surface area contributed by atoms with Gasteiger partial charge in [0.1, 0.15) is 5.69 Å². The Balaban J connectivity index is 1.88. The Morgan fingerprint density at radius 3 is 2.77 bits per heavy atom. The van der Waals surface area contributed by atoms with Crippen LogP contribution in [0.1, 0.15) is 50.5 Å². The maximum Gasteiger partial charge on any atom is 0.355 e. The highest BCUT2D eigenvalue weighted by atomic mass is 35.5. The Kier molecular flexibility index (Phi) is 5.51. The van der Waals surface area contributed by atoms with Gasteiger partial charge in [0.2, 0.25) is 0 Å². The summed E-state index contributed by atoms with van der Waals surface area (Å²) in [6.45, 7) is 5.95. The van der Waals surface area contributed by atoms with Gasteiger partial charge < -0.3 is 15.0 Å². The third-order valence-corrected chi connectivity index (χ3v) is 4.77. The molecule has 0 radical (unpaired) electrons. The number of nitrogens with one attached hydrogen (secondary N) is 2. The quantitative estimate of drug-likeness (QED) is 0.835. The fraction of sp³-hybridized carbons (Fsp3) is 0.625. The maximum atomic E-state index is 12.2. The standard InChI is InChI=1S/C16H23ClN2O3/c1-9-5-4-6-13(10(9)2)19-15(20)11(3)22-16(21)14-7-12(17)8-18-14/h7-11,13,18H,4-6H2,1-3H3,(H,19,20)/t9-,10+,11+,13-/m1/s1. The van der Waals surface area contributed by atoms with Gasteiger partial charge in [-0.15, -0.1) is 0 Å². The summed E-state index contributed by atoms with van der Waals surface area (Å²) in [6.07, 6.45) is 3.95. The number of halogens is 1. The molecule has 1 heterocycles. The number of carbonyl (C=O) groups is 2. The average Bonchev–Trinajstić information content (AvgIpc) is 2.90. The summed E-state index contributed by atoms with van der Waals surface area (Å²) >= 11 is 5.74. The van der Waals surface area contributed by atoms with Crippen LogP contribution in [0.5, 0.6) is 0 Å². The van der Waals surface area contributed by atoms with E-state index in [1.807, 2.05) is 0 Å². The summed E-state index contributed by atoms with van der Waals surface area (Å²) < 4.78 is 5.17. The molecule has 2 N–H and O–H groups in total. The summed E-state index contributed by atoms with van der Waals surface area (Å²) in [4.78, 5) is 26.8. The molecular weight excluding hydrogens is 304 g/mol. The SMILES string of the molecule is C[C@H]1[C@H](C)CCC[C@H]1NC(=O)[C@H](C)OC(=O)c1cc(Cl)c[nH]1. The van der Waals surface area contributed by atoms with Crippen LogP contribution in [-0.4, -0.2) is 29.0 Å². The third kappa shape index (κ3) is 4.03. The van der Waals surface area contributed by atoms with Gasteiger partial charge in [0.05, 0.1) is 5.02 Å².